The minimum atomic E-state index is -2.28. The van der Waals surface area contributed by atoms with Gasteiger partial charge in [0.2, 0.25) is 5.71 Å². The van der Waals surface area contributed by atoms with Crippen molar-refractivity contribution in [3.8, 4) is 0 Å². The van der Waals surface area contributed by atoms with Crippen molar-refractivity contribution in [3.63, 3.8) is 0 Å². The van der Waals surface area contributed by atoms with Gasteiger partial charge in [0.05, 0.1) is 32.2 Å². The molecule has 5 heteroatoms. The van der Waals surface area contributed by atoms with Crippen LogP contribution < -0.4 is 4.90 Å². The van der Waals surface area contributed by atoms with Crippen molar-refractivity contribution in [2.45, 2.75) is 6.85 Å². The molecule has 0 atom stereocenters. The molecule has 0 spiro atoms. The molecule has 3 nitrogen and oxygen atoms in total. The third-order valence-electron chi connectivity index (χ3n) is 4.76. The van der Waals surface area contributed by atoms with Gasteiger partial charge in [-0.25, -0.2) is 4.98 Å². The van der Waals surface area contributed by atoms with Crippen LogP contribution in [0.3, 0.4) is 0 Å². The van der Waals surface area contributed by atoms with E-state index in [2.05, 4.69) is 4.98 Å². The summed E-state index contributed by atoms with van der Waals surface area (Å²) in [5.41, 5.74) is 3.42. The smallest absolute Gasteiger partial charge is 0.227 e. The van der Waals surface area contributed by atoms with Crippen LogP contribution in [0.1, 0.15) is 9.68 Å². The molecule has 0 aliphatic rings. The van der Waals surface area contributed by atoms with Gasteiger partial charge in [-0.15, -0.1) is 0 Å². The van der Waals surface area contributed by atoms with E-state index in [-0.39, 0.29) is 5.56 Å². The van der Waals surface area contributed by atoms with E-state index >= 15 is 0 Å². The average Bonchev–Trinajstić information content (AvgIpc) is 3.16. The maximum Gasteiger partial charge on any atom is 0.227 e. The van der Waals surface area contributed by atoms with Crippen LogP contribution >= 0.6 is 23.2 Å². The van der Waals surface area contributed by atoms with Gasteiger partial charge in [0, 0.05) is 16.0 Å². The van der Waals surface area contributed by atoms with Crippen LogP contribution in [0.4, 0.5) is 17.1 Å². The number of fused-ring (bicyclic) bond motifs is 3. The second-order valence-electron chi connectivity index (χ2n) is 6.57. The zero-order valence-corrected chi connectivity index (χ0v) is 16.6. The number of halogens is 2. The number of aromatic nitrogens is 1. The summed E-state index contributed by atoms with van der Waals surface area (Å²) in [4.78, 5) is 6.25. The van der Waals surface area contributed by atoms with E-state index in [9.17, 15) is 0 Å². The predicted molar refractivity (Wildman–Crippen MR) is 121 cm³/mol. The van der Waals surface area contributed by atoms with Gasteiger partial charge in [0.25, 0.3) is 0 Å². The van der Waals surface area contributed by atoms with Crippen molar-refractivity contribution < 1.29 is 8.53 Å². The second kappa shape index (κ2) is 7.11. The maximum atomic E-state index is 7.79. The first-order chi connectivity index (χ1) is 15.3. The van der Waals surface area contributed by atoms with Gasteiger partial charge in [-0.2, -0.15) is 0 Å². The van der Waals surface area contributed by atoms with Gasteiger partial charge in [-0.3, -0.25) is 0 Å². The molecule has 0 saturated heterocycles. The first-order valence-electron chi connectivity index (χ1n) is 10.5. The predicted octanol–water partition coefficient (Wildman–Crippen LogP) is 8.07. The van der Waals surface area contributed by atoms with E-state index in [1.807, 2.05) is 65.6 Å². The highest BCUT2D eigenvalue weighted by Crippen LogP contribution is 2.45. The molecule has 0 fully saturated rings. The third kappa shape index (κ3) is 3.03. The molecule has 2 heterocycles. The van der Waals surface area contributed by atoms with Crippen LogP contribution in [0.25, 0.3) is 22.1 Å². The van der Waals surface area contributed by atoms with E-state index in [1.54, 1.807) is 12.1 Å². The summed E-state index contributed by atoms with van der Waals surface area (Å²) in [5, 5.41) is 2.19. The van der Waals surface area contributed by atoms with Gasteiger partial charge in [0.15, 0.2) is 0 Å². The normalized spacial score (nSPS) is 13.2. The molecule has 0 bridgehead atoms. The Balaban J connectivity index is 1.86. The van der Waals surface area contributed by atoms with Crippen LogP contribution in [0.2, 0.25) is 10.0 Å². The van der Waals surface area contributed by atoms with Gasteiger partial charge in [-0.05, 0) is 54.9 Å². The molecule has 0 aliphatic heterocycles. The number of benzene rings is 3. The lowest BCUT2D eigenvalue weighted by atomic mass is 10.1. The van der Waals surface area contributed by atoms with Crippen LogP contribution in [-0.2, 0) is 0 Å². The van der Waals surface area contributed by atoms with Crippen molar-refractivity contribution in [3.05, 3.63) is 94.6 Å². The summed E-state index contributed by atoms with van der Waals surface area (Å²) in [5.74, 6) is 0. The van der Waals surface area contributed by atoms with Crippen LogP contribution in [0, 0.1) is 6.85 Å². The molecule has 3 aromatic carbocycles. The van der Waals surface area contributed by atoms with E-state index in [0.29, 0.717) is 32.4 Å². The van der Waals surface area contributed by atoms with Crippen molar-refractivity contribution >= 4 is 62.3 Å². The molecule has 5 aromatic rings. The van der Waals surface area contributed by atoms with Crippen molar-refractivity contribution in [2.75, 3.05) is 4.90 Å². The molecule has 5 rings (SSSR count). The zero-order valence-electron chi connectivity index (χ0n) is 18.1. The largest absolute Gasteiger partial charge is 0.438 e. The minimum Gasteiger partial charge on any atom is -0.438 e. The molecule has 0 saturated carbocycles. The fourth-order valence-electron chi connectivity index (χ4n) is 3.53. The molecular weight excluding hydrogens is 403 g/mol. The fraction of sp³-hybridized carbons (Fsp3) is 0.0417. The number of furan rings is 1. The van der Waals surface area contributed by atoms with Crippen LogP contribution in [0.15, 0.2) is 83.4 Å². The molecule has 0 N–H and O–H groups in total. The van der Waals surface area contributed by atoms with Gasteiger partial charge < -0.3 is 9.32 Å². The quantitative estimate of drug-likeness (QED) is 0.294. The van der Waals surface area contributed by atoms with Gasteiger partial charge in [-0.1, -0.05) is 53.5 Å². The molecule has 0 amide bonds. The Kier molecular flexibility index (Phi) is 3.65. The molecule has 2 aromatic heterocycles. The number of hydrogen-bond donors (Lipinski definition) is 0. The van der Waals surface area contributed by atoms with Crippen molar-refractivity contribution in [1.29, 1.82) is 0 Å². The topological polar surface area (TPSA) is 29.3 Å². The molecule has 0 unspecified atom stereocenters. The minimum absolute atomic E-state index is 0.148. The molecular formula is C24H16Cl2N2O. The fourth-order valence-corrected chi connectivity index (χ4v) is 3.91. The second-order valence-corrected chi connectivity index (χ2v) is 7.36. The van der Waals surface area contributed by atoms with Crippen molar-refractivity contribution in [1.82, 2.24) is 4.98 Å². The summed E-state index contributed by atoms with van der Waals surface area (Å²) in [7, 11) is 0. The highest BCUT2D eigenvalue weighted by molar-refractivity contribution is 6.44. The Morgan fingerprint density at radius 1 is 0.931 bits per heavy atom. The Morgan fingerprint density at radius 2 is 1.72 bits per heavy atom. The number of aryl methyl sites for hydroxylation is 1. The lowest BCUT2D eigenvalue weighted by molar-refractivity contribution is 0.654. The van der Waals surface area contributed by atoms with Crippen LogP contribution in [-0.4, -0.2) is 4.98 Å². The number of rotatable bonds is 3. The molecule has 0 radical (unpaired) electrons. The number of anilines is 3. The number of hydrogen-bond acceptors (Lipinski definition) is 3. The standard InChI is InChI=1S/C24H16Cl2N2O/c1-15-13-17-22-19(10-6-12-21(22)29-24(17)27-14-15)28(16-7-3-2-4-8-16)20-11-5-9-18(25)23(20)26/h2-14H,1H3/i1D3. The van der Waals surface area contributed by atoms with E-state index in [4.69, 9.17) is 31.7 Å². The summed E-state index contributed by atoms with van der Waals surface area (Å²) >= 11 is 13.0. The monoisotopic (exact) mass is 421 g/mol. The molecule has 0 aliphatic carbocycles. The Morgan fingerprint density at radius 3 is 2.55 bits per heavy atom. The first-order valence-corrected chi connectivity index (χ1v) is 9.71. The summed E-state index contributed by atoms with van der Waals surface area (Å²) in [6.07, 6.45) is 1.33. The molecule has 29 heavy (non-hydrogen) atoms. The Hall–Kier alpha value is -3.01. The maximum absolute atomic E-state index is 7.79. The Bertz CT molecular complexity index is 1450. The van der Waals surface area contributed by atoms with Crippen LogP contribution in [0.5, 0.6) is 0 Å². The highest BCUT2D eigenvalue weighted by atomic mass is 35.5. The zero-order chi connectivity index (χ0) is 22.5. The highest BCUT2D eigenvalue weighted by Gasteiger charge is 2.21. The number of pyridine rings is 1. The van der Waals surface area contributed by atoms with Gasteiger partial charge >= 0.3 is 0 Å². The lowest BCUT2D eigenvalue weighted by Crippen LogP contribution is -2.10. The van der Waals surface area contributed by atoms with Gasteiger partial charge in [0.1, 0.15) is 5.58 Å². The molecule has 142 valence electrons. The Labute approximate surface area is 182 Å². The van der Waals surface area contributed by atoms with Crippen molar-refractivity contribution in [2.24, 2.45) is 0 Å². The SMILES string of the molecule is [2H]C([2H])([2H])c1cnc2oc3cccc(N(c4ccccc4)c4cccc(Cl)c4Cl)c3c2c1. The average molecular weight is 422 g/mol. The number of nitrogens with zero attached hydrogens (tertiary/aromatic N) is 2. The lowest BCUT2D eigenvalue weighted by Gasteiger charge is -2.27. The van der Waals surface area contributed by atoms with E-state index in [1.165, 1.54) is 6.20 Å². The number of para-hydroxylation sites is 1. The van der Waals surface area contributed by atoms with E-state index < -0.39 is 6.85 Å². The summed E-state index contributed by atoms with van der Waals surface area (Å²) in [6, 6.07) is 22.4. The summed E-state index contributed by atoms with van der Waals surface area (Å²) in [6.45, 7) is -2.28. The third-order valence-corrected chi connectivity index (χ3v) is 5.57. The summed E-state index contributed by atoms with van der Waals surface area (Å²) < 4.78 is 29.3. The first kappa shape index (κ1) is 14.9. The van der Waals surface area contributed by atoms with E-state index in [0.717, 1.165) is 16.8 Å².